The van der Waals surface area contributed by atoms with Gasteiger partial charge in [-0.15, -0.1) is 0 Å². The van der Waals surface area contributed by atoms with Crippen LogP contribution in [-0.4, -0.2) is 11.3 Å². The highest BCUT2D eigenvalue weighted by atomic mass is 15.0. The molecule has 1 aromatic heterocycles. The van der Waals surface area contributed by atoms with E-state index in [9.17, 15) is 0 Å². The Bertz CT molecular complexity index is 2250. The summed E-state index contributed by atoms with van der Waals surface area (Å²) in [6, 6.07) is 28.3. The second kappa shape index (κ2) is 16.7. The predicted molar refractivity (Wildman–Crippen MR) is 225 cm³/mol. The van der Waals surface area contributed by atoms with Gasteiger partial charge in [0.05, 0.1) is 11.2 Å². The van der Waals surface area contributed by atoms with E-state index >= 15 is 0 Å². The number of nitrogens with one attached hydrogen (secondary N) is 1. The second-order valence-electron chi connectivity index (χ2n) is 12.9. The number of hydrogen-bond acceptors (Lipinski definition) is 2. The Morgan fingerprint density at radius 3 is 2.37 bits per heavy atom. The lowest BCUT2D eigenvalue weighted by Gasteiger charge is -2.14. The molecule has 0 saturated carbocycles. The van der Waals surface area contributed by atoms with Gasteiger partial charge in [0.25, 0.3) is 0 Å². The van der Waals surface area contributed by atoms with Gasteiger partial charge in [-0.05, 0) is 134 Å². The Morgan fingerprint density at radius 1 is 0.922 bits per heavy atom. The summed E-state index contributed by atoms with van der Waals surface area (Å²) in [5.74, 6) is 0. The highest BCUT2D eigenvalue weighted by Crippen LogP contribution is 2.38. The Morgan fingerprint density at radius 2 is 1.71 bits per heavy atom. The third-order valence-electron chi connectivity index (χ3n) is 9.49. The van der Waals surface area contributed by atoms with Crippen LogP contribution in [0.15, 0.2) is 163 Å². The number of benzene rings is 4. The molecule has 254 valence electrons. The zero-order valence-electron chi connectivity index (χ0n) is 29.9. The molecule has 0 amide bonds. The number of rotatable bonds is 10. The zero-order valence-corrected chi connectivity index (χ0v) is 29.9. The molecule has 0 atom stereocenters. The minimum atomic E-state index is 0.788. The predicted octanol–water partition coefficient (Wildman–Crippen LogP) is 13.0. The molecule has 51 heavy (non-hydrogen) atoms. The first-order chi connectivity index (χ1) is 25.0. The van der Waals surface area contributed by atoms with Crippen LogP contribution < -0.4 is 5.32 Å². The summed E-state index contributed by atoms with van der Waals surface area (Å²) in [5.41, 5.74) is 12.9. The van der Waals surface area contributed by atoms with Gasteiger partial charge in [-0.3, -0.25) is 4.99 Å². The fraction of sp³-hybridized carbons (Fsp3) is 0.146. The van der Waals surface area contributed by atoms with Crippen molar-refractivity contribution in [1.82, 2.24) is 4.57 Å². The van der Waals surface area contributed by atoms with E-state index < -0.39 is 0 Å². The van der Waals surface area contributed by atoms with Crippen molar-refractivity contribution in [3.8, 4) is 5.69 Å². The number of nitrogens with zero attached hydrogens (tertiary/aromatic N) is 2. The molecule has 4 aromatic carbocycles. The average molecular weight is 666 g/mol. The van der Waals surface area contributed by atoms with E-state index in [2.05, 4.69) is 145 Å². The molecular formula is C48H47N3. The van der Waals surface area contributed by atoms with Crippen molar-refractivity contribution < 1.29 is 0 Å². The molecule has 0 radical (unpaired) electrons. The third kappa shape index (κ3) is 8.11. The van der Waals surface area contributed by atoms with E-state index in [0.717, 1.165) is 53.2 Å². The molecule has 3 heteroatoms. The minimum absolute atomic E-state index is 0.788. The van der Waals surface area contributed by atoms with Gasteiger partial charge in [0, 0.05) is 28.2 Å². The van der Waals surface area contributed by atoms with Crippen LogP contribution in [-0.2, 0) is 12.8 Å². The number of allylic oxidation sites excluding steroid dienone is 10. The van der Waals surface area contributed by atoms with Crippen molar-refractivity contribution in [1.29, 1.82) is 0 Å². The summed E-state index contributed by atoms with van der Waals surface area (Å²) in [6.07, 6.45) is 28.3. The van der Waals surface area contributed by atoms with Gasteiger partial charge < -0.3 is 9.88 Å². The molecule has 0 fully saturated rings. The Hall–Kier alpha value is -5.93. The number of aryl methyl sites for hydroxylation is 1. The highest BCUT2D eigenvalue weighted by molar-refractivity contribution is 6.03. The van der Waals surface area contributed by atoms with Crippen LogP contribution in [0.1, 0.15) is 61.1 Å². The van der Waals surface area contributed by atoms with Gasteiger partial charge in [-0.1, -0.05) is 116 Å². The quantitative estimate of drug-likeness (QED) is 0.117. The first-order valence-electron chi connectivity index (χ1n) is 17.8. The summed E-state index contributed by atoms with van der Waals surface area (Å²) >= 11 is 0. The van der Waals surface area contributed by atoms with E-state index in [-0.39, 0.29) is 0 Å². The molecule has 0 bridgehead atoms. The van der Waals surface area contributed by atoms with Crippen LogP contribution in [0.5, 0.6) is 0 Å². The fourth-order valence-electron chi connectivity index (χ4n) is 6.74. The van der Waals surface area contributed by atoms with E-state index in [1.54, 1.807) is 6.08 Å². The third-order valence-corrected chi connectivity index (χ3v) is 9.49. The van der Waals surface area contributed by atoms with Crippen molar-refractivity contribution in [2.24, 2.45) is 4.99 Å². The Kier molecular flexibility index (Phi) is 11.4. The number of hydrogen-bond donors (Lipinski definition) is 1. The molecule has 2 aliphatic rings. The molecule has 3 nitrogen and oxygen atoms in total. The number of fused-ring (bicyclic) bond motifs is 4. The SMILES string of the molecule is C=C/C=C\C(=C/C)Nc1cc2cc3c(cc2cc1C=C)c1c(n3-c2ccc(C/C=C(\N=C)c3ccccc3)cc2)C=CCC1.CC1=CC=CCC1. The lowest BCUT2D eigenvalue weighted by atomic mass is 9.97. The van der Waals surface area contributed by atoms with E-state index in [1.165, 1.54) is 56.9 Å². The molecule has 2 aliphatic carbocycles. The Labute approximate surface area is 303 Å². The zero-order chi connectivity index (χ0) is 35.6. The van der Waals surface area contributed by atoms with E-state index in [1.807, 2.05) is 43.4 Å². The van der Waals surface area contributed by atoms with Crippen LogP contribution in [0.4, 0.5) is 5.69 Å². The van der Waals surface area contributed by atoms with Gasteiger partial charge >= 0.3 is 0 Å². The number of anilines is 1. The molecule has 7 rings (SSSR count). The molecular weight excluding hydrogens is 619 g/mol. The van der Waals surface area contributed by atoms with Crippen molar-refractivity contribution in [2.45, 2.75) is 46.0 Å². The molecule has 5 aromatic rings. The molecule has 1 heterocycles. The lowest BCUT2D eigenvalue weighted by molar-refractivity contribution is 0.962. The Balaban J connectivity index is 0.000000573. The van der Waals surface area contributed by atoms with Crippen LogP contribution in [0.25, 0.3) is 45.2 Å². The van der Waals surface area contributed by atoms with Gasteiger partial charge in [-0.2, -0.15) is 0 Å². The largest absolute Gasteiger partial charge is 0.355 e. The summed E-state index contributed by atoms with van der Waals surface area (Å²) in [7, 11) is 0. The van der Waals surface area contributed by atoms with Crippen LogP contribution in [0.3, 0.4) is 0 Å². The maximum atomic E-state index is 4.27. The summed E-state index contributed by atoms with van der Waals surface area (Å²) in [6.45, 7) is 15.9. The molecule has 0 spiro atoms. The highest BCUT2D eigenvalue weighted by Gasteiger charge is 2.19. The van der Waals surface area contributed by atoms with Crippen LogP contribution in [0, 0.1) is 0 Å². The van der Waals surface area contributed by atoms with Gasteiger partial charge in [0.15, 0.2) is 0 Å². The van der Waals surface area contributed by atoms with Crippen molar-refractivity contribution >= 4 is 51.9 Å². The first kappa shape index (κ1) is 34.9. The molecule has 1 N–H and O–H groups in total. The summed E-state index contributed by atoms with van der Waals surface area (Å²) in [4.78, 5) is 4.27. The van der Waals surface area contributed by atoms with Gasteiger partial charge in [-0.25, -0.2) is 0 Å². The first-order valence-corrected chi connectivity index (χ1v) is 17.8. The normalized spacial score (nSPS) is 14.2. The average Bonchev–Trinajstić information content (AvgIpc) is 3.49. The minimum Gasteiger partial charge on any atom is -0.355 e. The monoisotopic (exact) mass is 665 g/mol. The van der Waals surface area contributed by atoms with Crippen molar-refractivity contribution in [3.05, 3.63) is 186 Å². The smallest absolute Gasteiger partial charge is 0.0658 e. The number of aliphatic imine (C=N–C) groups is 1. The van der Waals surface area contributed by atoms with Gasteiger partial charge in [0.2, 0.25) is 0 Å². The second-order valence-corrected chi connectivity index (χ2v) is 12.9. The fourth-order valence-corrected chi connectivity index (χ4v) is 6.74. The van der Waals surface area contributed by atoms with Crippen molar-refractivity contribution in [3.63, 3.8) is 0 Å². The van der Waals surface area contributed by atoms with Crippen LogP contribution >= 0.6 is 0 Å². The maximum Gasteiger partial charge on any atom is 0.0658 e. The topological polar surface area (TPSA) is 29.3 Å². The summed E-state index contributed by atoms with van der Waals surface area (Å²) in [5, 5.41) is 7.29. The maximum absolute atomic E-state index is 4.27. The van der Waals surface area contributed by atoms with Gasteiger partial charge in [0.1, 0.15) is 0 Å². The molecule has 0 unspecified atom stereocenters. The standard InChI is InChI=1S/C41H37N3.C7H10/c1-5-8-16-34(7-3)43-39-27-33-28-41-37(26-32(33)25-30(39)6-2)36-17-12-13-18-40(36)44(41)35-22-19-29(20-23-35)21-24-38(42-4)31-14-10-9-11-15-31;1-7-5-3-2-4-6-7/h5-11,13-16,18-20,22-28,43H,1-2,4,12,17,21H2,3H3;2-3,5H,4,6H2,1H3/b16-8-,34-7+,38-24-;. The lowest BCUT2D eigenvalue weighted by Crippen LogP contribution is -2.00. The van der Waals surface area contributed by atoms with E-state index in [4.69, 9.17) is 0 Å². The van der Waals surface area contributed by atoms with Crippen molar-refractivity contribution in [2.75, 3.05) is 5.32 Å². The molecule has 0 aliphatic heterocycles. The molecule has 0 saturated heterocycles. The van der Waals surface area contributed by atoms with Crippen LogP contribution in [0.2, 0.25) is 0 Å². The van der Waals surface area contributed by atoms with E-state index in [0.29, 0.717) is 0 Å². The summed E-state index contributed by atoms with van der Waals surface area (Å²) < 4.78 is 2.42. The number of aromatic nitrogens is 1.